The van der Waals surface area contributed by atoms with Crippen LogP contribution in [0.4, 0.5) is 0 Å². The molecule has 0 amide bonds. The summed E-state index contributed by atoms with van der Waals surface area (Å²) in [6.07, 6.45) is 3.56. The molecule has 1 atom stereocenters. The van der Waals surface area contributed by atoms with Gasteiger partial charge in [-0.05, 0) is 24.6 Å². The number of rotatable bonds is 4. The minimum absolute atomic E-state index is 0.232. The van der Waals surface area contributed by atoms with E-state index >= 15 is 0 Å². The first-order valence-electron chi connectivity index (χ1n) is 5.18. The average Bonchev–Trinajstić information content (AvgIpc) is 2.73. The lowest BCUT2D eigenvalue weighted by molar-refractivity contribution is 0.430. The highest BCUT2D eigenvalue weighted by Gasteiger charge is 2.07. The molecule has 0 aromatic carbocycles. The summed E-state index contributed by atoms with van der Waals surface area (Å²) < 4.78 is 5.27. The second kappa shape index (κ2) is 4.85. The summed E-state index contributed by atoms with van der Waals surface area (Å²) in [5.74, 6) is 1.20. The molecule has 0 aliphatic heterocycles. The van der Waals surface area contributed by atoms with E-state index in [1.807, 2.05) is 12.1 Å². The Morgan fingerprint density at radius 1 is 1.31 bits per heavy atom. The van der Waals surface area contributed by atoms with Gasteiger partial charge in [0.05, 0.1) is 6.54 Å². The SMILES string of the molecule is Cc1nnc(CNC(C)c2ccncc2)o1. The van der Waals surface area contributed by atoms with E-state index < -0.39 is 0 Å². The van der Waals surface area contributed by atoms with Gasteiger partial charge in [-0.25, -0.2) is 0 Å². The van der Waals surface area contributed by atoms with Crippen LogP contribution in [0.1, 0.15) is 30.3 Å². The molecule has 84 valence electrons. The Bertz CT molecular complexity index is 440. The molecule has 2 heterocycles. The molecule has 2 rings (SSSR count). The third kappa shape index (κ3) is 2.64. The van der Waals surface area contributed by atoms with Crippen LogP contribution in [0.3, 0.4) is 0 Å². The van der Waals surface area contributed by atoms with Crippen LogP contribution in [0.25, 0.3) is 0 Å². The van der Waals surface area contributed by atoms with Gasteiger partial charge in [0.2, 0.25) is 11.8 Å². The summed E-state index contributed by atoms with van der Waals surface area (Å²) in [7, 11) is 0. The van der Waals surface area contributed by atoms with E-state index in [9.17, 15) is 0 Å². The van der Waals surface area contributed by atoms with Gasteiger partial charge in [-0.15, -0.1) is 10.2 Å². The van der Waals surface area contributed by atoms with Crippen molar-refractivity contribution in [1.29, 1.82) is 0 Å². The molecule has 0 aliphatic rings. The fourth-order valence-corrected chi connectivity index (χ4v) is 1.42. The minimum Gasteiger partial charge on any atom is -0.424 e. The van der Waals surface area contributed by atoms with Crippen molar-refractivity contribution >= 4 is 0 Å². The Morgan fingerprint density at radius 2 is 2.06 bits per heavy atom. The van der Waals surface area contributed by atoms with Gasteiger partial charge >= 0.3 is 0 Å². The Morgan fingerprint density at radius 3 is 2.69 bits per heavy atom. The maximum atomic E-state index is 5.27. The number of aryl methyl sites for hydroxylation is 1. The van der Waals surface area contributed by atoms with E-state index in [1.165, 1.54) is 5.56 Å². The Balaban J connectivity index is 1.91. The van der Waals surface area contributed by atoms with Crippen LogP contribution >= 0.6 is 0 Å². The Kier molecular flexibility index (Phi) is 3.26. The normalized spacial score (nSPS) is 12.6. The molecule has 2 aromatic heterocycles. The average molecular weight is 218 g/mol. The molecule has 0 radical (unpaired) electrons. The monoisotopic (exact) mass is 218 g/mol. The van der Waals surface area contributed by atoms with Gasteiger partial charge in [0.15, 0.2) is 0 Å². The van der Waals surface area contributed by atoms with Gasteiger partial charge in [0.25, 0.3) is 0 Å². The lowest BCUT2D eigenvalue weighted by Gasteiger charge is -2.11. The summed E-state index contributed by atoms with van der Waals surface area (Å²) in [5.41, 5.74) is 1.19. The number of hydrogen-bond donors (Lipinski definition) is 1. The van der Waals surface area contributed by atoms with E-state index in [1.54, 1.807) is 19.3 Å². The second-order valence-electron chi connectivity index (χ2n) is 3.60. The molecule has 5 nitrogen and oxygen atoms in total. The van der Waals surface area contributed by atoms with Crippen molar-refractivity contribution < 1.29 is 4.42 Å². The van der Waals surface area contributed by atoms with Crippen LogP contribution in [0.5, 0.6) is 0 Å². The van der Waals surface area contributed by atoms with Crippen molar-refractivity contribution in [3.63, 3.8) is 0 Å². The van der Waals surface area contributed by atoms with Crippen LogP contribution in [0.15, 0.2) is 28.9 Å². The smallest absolute Gasteiger partial charge is 0.230 e. The molecule has 0 aliphatic carbocycles. The van der Waals surface area contributed by atoms with Gasteiger partial charge in [-0.2, -0.15) is 0 Å². The zero-order valence-corrected chi connectivity index (χ0v) is 9.34. The molecule has 0 bridgehead atoms. The molecule has 0 fully saturated rings. The van der Waals surface area contributed by atoms with E-state index in [2.05, 4.69) is 27.4 Å². The van der Waals surface area contributed by atoms with Crippen LogP contribution < -0.4 is 5.32 Å². The highest BCUT2D eigenvalue weighted by Crippen LogP contribution is 2.10. The summed E-state index contributed by atoms with van der Waals surface area (Å²) in [4.78, 5) is 3.98. The number of aromatic nitrogens is 3. The molecular weight excluding hydrogens is 204 g/mol. The lowest BCUT2D eigenvalue weighted by atomic mass is 10.1. The van der Waals surface area contributed by atoms with Gasteiger partial charge in [0, 0.05) is 25.4 Å². The van der Waals surface area contributed by atoms with E-state index in [4.69, 9.17) is 4.42 Å². The van der Waals surface area contributed by atoms with Crippen LogP contribution in [0, 0.1) is 6.92 Å². The van der Waals surface area contributed by atoms with Gasteiger partial charge in [-0.1, -0.05) is 0 Å². The molecule has 0 saturated heterocycles. The summed E-state index contributed by atoms with van der Waals surface area (Å²) >= 11 is 0. The minimum atomic E-state index is 0.232. The first kappa shape index (κ1) is 10.8. The zero-order chi connectivity index (χ0) is 11.4. The molecule has 5 heteroatoms. The second-order valence-corrected chi connectivity index (χ2v) is 3.60. The topological polar surface area (TPSA) is 63.8 Å². The van der Waals surface area contributed by atoms with Crippen molar-refractivity contribution in [2.75, 3.05) is 0 Å². The summed E-state index contributed by atoms with van der Waals surface area (Å²) in [6, 6.07) is 4.20. The highest BCUT2D eigenvalue weighted by atomic mass is 16.4. The Labute approximate surface area is 93.9 Å². The van der Waals surface area contributed by atoms with Crippen LogP contribution in [-0.4, -0.2) is 15.2 Å². The van der Waals surface area contributed by atoms with Gasteiger partial charge < -0.3 is 9.73 Å². The molecule has 2 aromatic rings. The summed E-state index contributed by atoms with van der Waals surface area (Å²) in [5, 5.41) is 11.0. The zero-order valence-electron chi connectivity index (χ0n) is 9.34. The predicted octanol–water partition coefficient (Wildman–Crippen LogP) is 1.62. The van der Waals surface area contributed by atoms with E-state index in [-0.39, 0.29) is 6.04 Å². The molecule has 1 N–H and O–H groups in total. The van der Waals surface area contributed by atoms with Crippen LogP contribution in [0.2, 0.25) is 0 Å². The van der Waals surface area contributed by atoms with Crippen molar-refractivity contribution in [3.05, 3.63) is 41.9 Å². The van der Waals surface area contributed by atoms with E-state index in [0.29, 0.717) is 18.3 Å². The quantitative estimate of drug-likeness (QED) is 0.844. The number of pyridine rings is 1. The van der Waals surface area contributed by atoms with E-state index in [0.717, 1.165) is 0 Å². The third-order valence-electron chi connectivity index (χ3n) is 2.33. The number of nitrogens with zero attached hydrogens (tertiary/aromatic N) is 3. The van der Waals surface area contributed by atoms with Crippen molar-refractivity contribution in [2.45, 2.75) is 26.4 Å². The third-order valence-corrected chi connectivity index (χ3v) is 2.33. The lowest BCUT2D eigenvalue weighted by Crippen LogP contribution is -2.18. The van der Waals surface area contributed by atoms with Crippen LogP contribution in [-0.2, 0) is 6.54 Å². The molecule has 0 spiro atoms. The first-order chi connectivity index (χ1) is 7.75. The van der Waals surface area contributed by atoms with Crippen molar-refractivity contribution in [3.8, 4) is 0 Å². The fraction of sp³-hybridized carbons (Fsp3) is 0.364. The molecule has 16 heavy (non-hydrogen) atoms. The highest BCUT2D eigenvalue weighted by molar-refractivity contribution is 5.13. The molecule has 0 saturated carbocycles. The molecule has 1 unspecified atom stereocenters. The van der Waals surface area contributed by atoms with Gasteiger partial charge in [-0.3, -0.25) is 4.98 Å². The molecular formula is C11H14N4O. The van der Waals surface area contributed by atoms with Crippen molar-refractivity contribution in [2.24, 2.45) is 0 Å². The Hall–Kier alpha value is -1.75. The standard InChI is InChI=1S/C11H14N4O/c1-8(10-3-5-12-6-4-10)13-7-11-15-14-9(2)16-11/h3-6,8,13H,7H2,1-2H3. The van der Waals surface area contributed by atoms with Gasteiger partial charge in [0.1, 0.15) is 0 Å². The maximum Gasteiger partial charge on any atom is 0.230 e. The first-order valence-corrected chi connectivity index (χ1v) is 5.18. The summed E-state index contributed by atoms with van der Waals surface area (Å²) in [6.45, 7) is 4.44. The van der Waals surface area contributed by atoms with Crippen molar-refractivity contribution in [1.82, 2.24) is 20.5 Å². The predicted molar refractivity (Wildman–Crippen MR) is 58.5 cm³/mol. The largest absolute Gasteiger partial charge is 0.424 e. The maximum absolute atomic E-state index is 5.27. The fourth-order valence-electron chi connectivity index (χ4n) is 1.42. The number of hydrogen-bond acceptors (Lipinski definition) is 5. The number of nitrogens with one attached hydrogen (secondary N) is 1.